The van der Waals surface area contributed by atoms with E-state index >= 15 is 0 Å². The molecule has 33 heavy (non-hydrogen) atoms. The van der Waals surface area contributed by atoms with Crippen LogP contribution in [0, 0.1) is 5.92 Å². The van der Waals surface area contributed by atoms with Crippen molar-refractivity contribution in [2.24, 2.45) is 5.92 Å². The van der Waals surface area contributed by atoms with Crippen LogP contribution in [0.1, 0.15) is 70.6 Å². The van der Waals surface area contributed by atoms with Gasteiger partial charge in [-0.05, 0) is 57.7 Å². The highest BCUT2D eigenvalue weighted by Crippen LogP contribution is 2.45. The molecule has 1 aliphatic carbocycles. The Morgan fingerprint density at radius 2 is 1.88 bits per heavy atom. The zero-order chi connectivity index (χ0) is 24.0. The summed E-state index contributed by atoms with van der Waals surface area (Å²) in [5, 5.41) is 7.14. The molecule has 1 N–H and O–H groups in total. The summed E-state index contributed by atoms with van der Waals surface area (Å²) in [6.45, 7) is 7.60. The number of rotatable bonds is 11. The van der Waals surface area contributed by atoms with Crippen molar-refractivity contribution < 1.29 is 22.6 Å². The first-order valence-electron chi connectivity index (χ1n) is 11.9. The zero-order valence-electron chi connectivity index (χ0n) is 20.1. The summed E-state index contributed by atoms with van der Waals surface area (Å²) in [4.78, 5) is 2.14. The molecule has 8 heteroatoms. The van der Waals surface area contributed by atoms with E-state index in [0.717, 1.165) is 50.8 Å². The Bertz CT molecular complexity index is 890. The van der Waals surface area contributed by atoms with Crippen LogP contribution in [-0.2, 0) is 12.7 Å². The van der Waals surface area contributed by atoms with Crippen LogP contribution in [0.4, 0.5) is 13.2 Å². The number of unbranched alkanes of at least 4 members (excludes halogenated alkanes) is 1. The van der Waals surface area contributed by atoms with Crippen LogP contribution in [0.15, 0.2) is 18.3 Å². The highest BCUT2D eigenvalue weighted by molar-refractivity contribution is 5.74. The average molecular weight is 468 g/mol. The summed E-state index contributed by atoms with van der Waals surface area (Å²) < 4.78 is 54.0. The van der Waals surface area contributed by atoms with E-state index in [-0.39, 0.29) is 24.4 Å². The largest absolute Gasteiger partial charge is 0.493 e. The van der Waals surface area contributed by atoms with Crippen molar-refractivity contribution in [3.63, 3.8) is 0 Å². The van der Waals surface area contributed by atoms with Gasteiger partial charge in [0.05, 0.1) is 30.2 Å². The summed E-state index contributed by atoms with van der Waals surface area (Å²) in [6, 6.07) is 2.59. The number of nitrogens with zero attached hydrogens (tertiary/aromatic N) is 2. The van der Waals surface area contributed by atoms with Crippen LogP contribution in [0.5, 0.6) is 11.5 Å². The lowest BCUT2D eigenvalue weighted by atomic mass is 10.0. The molecule has 0 atom stereocenters. The van der Waals surface area contributed by atoms with Gasteiger partial charge in [-0.2, -0.15) is 18.3 Å². The molecule has 0 radical (unpaired) electrons. The van der Waals surface area contributed by atoms with Gasteiger partial charge in [-0.3, -0.25) is 5.10 Å². The maximum Gasteiger partial charge on any atom is 0.419 e. The van der Waals surface area contributed by atoms with Crippen LogP contribution in [-0.4, -0.2) is 41.4 Å². The minimum Gasteiger partial charge on any atom is -0.493 e. The molecule has 0 bridgehead atoms. The topological polar surface area (TPSA) is 50.4 Å². The number of alkyl halides is 3. The molecule has 1 aromatic carbocycles. The molecule has 0 spiro atoms. The smallest absolute Gasteiger partial charge is 0.419 e. The molecule has 1 aliphatic rings. The Morgan fingerprint density at radius 3 is 2.52 bits per heavy atom. The minimum absolute atomic E-state index is 0.000939. The van der Waals surface area contributed by atoms with E-state index < -0.39 is 11.7 Å². The number of hydrogen-bond acceptors (Lipinski definition) is 4. The number of H-pyrrole nitrogens is 1. The van der Waals surface area contributed by atoms with E-state index in [4.69, 9.17) is 9.47 Å². The van der Waals surface area contributed by atoms with Gasteiger partial charge < -0.3 is 14.4 Å². The minimum atomic E-state index is -4.55. The van der Waals surface area contributed by atoms with E-state index in [1.807, 2.05) is 20.9 Å². The third-order valence-electron chi connectivity index (χ3n) is 5.89. The van der Waals surface area contributed by atoms with Crippen molar-refractivity contribution in [1.29, 1.82) is 0 Å². The number of nitrogens with one attached hydrogen (secondary N) is 1. The van der Waals surface area contributed by atoms with Crippen LogP contribution >= 0.6 is 0 Å². The number of hydrogen-bond donors (Lipinski definition) is 1. The van der Waals surface area contributed by atoms with Gasteiger partial charge in [-0.15, -0.1) is 0 Å². The van der Waals surface area contributed by atoms with Crippen LogP contribution in [0.25, 0.3) is 11.1 Å². The molecule has 0 saturated heterocycles. The van der Waals surface area contributed by atoms with Gasteiger partial charge in [0.1, 0.15) is 11.5 Å². The van der Waals surface area contributed by atoms with Gasteiger partial charge in [0.15, 0.2) is 0 Å². The summed E-state index contributed by atoms with van der Waals surface area (Å²) in [5.41, 5.74) is 1.02. The Balaban J connectivity index is 2.04. The normalized spacial score (nSPS) is 15.1. The van der Waals surface area contributed by atoms with Crippen molar-refractivity contribution in [3.8, 4) is 22.6 Å². The second-order valence-electron chi connectivity index (χ2n) is 9.43. The van der Waals surface area contributed by atoms with E-state index in [1.54, 1.807) is 6.20 Å². The second kappa shape index (κ2) is 11.3. The van der Waals surface area contributed by atoms with Crippen LogP contribution in [0.3, 0.4) is 0 Å². The van der Waals surface area contributed by atoms with E-state index in [9.17, 15) is 13.2 Å². The summed E-state index contributed by atoms with van der Waals surface area (Å²) in [6.07, 6.45) is 3.11. The molecule has 1 heterocycles. The van der Waals surface area contributed by atoms with Gasteiger partial charge in [0, 0.05) is 23.7 Å². The molecule has 0 amide bonds. The molecule has 3 rings (SSSR count). The van der Waals surface area contributed by atoms with Crippen LogP contribution in [0.2, 0.25) is 0 Å². The molecular weight excluding hydrogens is 431 g/mol. The lowest BCUT2D eigenvalue weighted by Gasteiger charge is -2.22. The Labute approximate surface area is 194 Å². The lowest BCUT2D eigenvalue weighted by molar-refractivity contribution is -0.139. The number of benzene rings is 1. The Kier molecular flexibility index (Phi) is 8.68. The van der Waals surface area contributed by atoms with Crippen molar-refractivity contribution in [1.82, 2.24) is 15.1 Å². The standard InChI is InChI=1S/C25H36F3N3O2/c1-5-6-11-31(4)15-22-20(14-29-30-22)19-12-21(25(26,27)28)24(32-16-17(2)3)13-23(19)33-18-9-7-8-10-18/h12-14,17-18H,5-11,15-16H2,1-4H3,(H,29,30). The molecule has 1 fully saturated rings. The fraction of sp³-hybridized carbons (Fsp3) is 0.640. The number of ether oxygens (including phenoxy) is 2. The van der Waals surface area contributed by atoms with Gasteiger partial charge in [0.2, 0.25) is 0 Å². The Morgan fingerprint density at radius 1 is 1.15 bits per heavy atom. The van der Waals surface area contributed by atoms with E-state index in [0.29, 0.717) is 23.4 Å². The third kappa shape index (κ3) is 6.88. The monoisotopic (exact) mass is 467 g/mol. The van der Waals surface area contributed by atoms with Gasteiger partial charge in [-0.25, -0.2) is 0 Å². The quantitative estimate of drug-likeness (QED) is 0.400. The summed E-state index contributed by atoms with van der Waals surface area (Å²) in [5.74, 6) is 0.342. The van der Waals surface area contributed by atoms with Crippen molar-refractivity contribution in [3.05, 3.63) is 29.6 Å². The van der Waals surface area contributed by atoms with Crippen molar-refractivity contribution >= 4 is 0 Å². The molecule has 1 aromatic heterocycles. The molecule has 184 valence electrons. The summed E-state index contributed by atoms with van der Waals surface area (Å²) in [7, 11) is 2.00. The molecular formula is C25H36F3N3O2. The fourth-order valence-electron chi connectivity index (χ4n) is 4.09. The third-order valence-corrected chi connectivity index (χ3v) is 5.89. The molecule has 0 unspecified atom stereocenters. The molecule has 0 aliphatic heterocycles. The maximum atomic E-state index is 14.0. The molecule has 5 nitrogen and oxygen atoms in total. The highest BCUT2D eigenvalue weighted by Gasteiger charge is 2.36. The predicted octanol–water partition coefficient (Wildman–Crippen LogP) is 6.68. The summed E-state index contributed by atoms with van der Waals surface area (Å²) >= 11 is 0. The molecule has 1 saturated carbocycles. The average Bonchev–Trinajstić information content (AvgIpc) is 3.42. The van der Waals surface area contributed by atoms with E-state index in [1.165, 1.54) is 12.1 Å². The number of halogens is 3. The molecule has 2 aromatic rings. The SMILES string of the molecule is CCCCN(C)Cc1[nH]ncc1-c1cc(C(F)(F)F)c(OCC(C)C)cc1OC1CCCC1. The second-order valence-corrected chi connectivity index (χ2v) is 9.43. The van der Waals surface area contributed by atoms with Crippen molar-refractivity contribution in [2.45, 2.75) is 78.1 Å². The van der Waals surface area contributed by atoms with Gasteiger partial charge in [-0.1, -0.05) is 27.2 Å². The number of aromatic nitrogens is 2. The first kappa shape index (κ1) is 25.4. The first-order valence-corrected chi connectivity index (χ1v) is 11.9. The number of aromatic amines is 1. The van der Waals surface area contributed by atoms with Crippen LogP contribution < -0.4 is 9.47 Å². The fourth-order valence-corrected chi connectivity index (χ4v) is 4.09. The van der Waals surface area contributed by atoms with E-state index in [2.05, 4.69) is 22.0 Å². The van der Waals surface area contributed by atoms with Gasteiger partial charge in [0.25, 0.3) is 0 Å². The van der Waals surface area contributed by atoms with Crippen molar-refractivity contribution in [2.75, 3.05) is 20.2 Å². The lowest BCUT2D eigenvalue weighted by Crippen LogP contribution is -2.20. The maximum absolute atomic E-state index is 14.0. The zero-order valence-corrected chi connectivity index (χ0v) is 20.1. The Hall–Kier alpha value is -2.22. The van der Waals surface area contributed by atoms with Gasteiger partial charge >= 0.3 is 6.18 Å². The highest BCUT2D eigenvalue weighted by atomic mass is 19.4. The predicted molar refractivity (Wildman–Crippen MR) is 123 cm³/mol. The first-order chi connectivity index (χ1) is 15.7.